The Morgan fingerprint density at radius 2 is 2.00 bits per heavy atom. The Morgan fingerprint density at radius 3 is 2.61 bits per heavy atom. The standard InChI is InChI=1S/C12H8Cl2O3S/c13-9-3-2-8(5-10(9)14)18-6-7-1-4-11(17-7)12(15)16/h1-5H,6H2,(H,15,16). The van der Waals surface area contributed by atoms with E-state index in [0.717, 1.165) is 4.90 Å². The summed E-state index contributed by atoms with van der Waals surface area (Å²) in [5.74, 6) is 0.00890. The maximum Gasteiger partial charge on any atom is 0.371 e. The molecular formula is C12H8Cl2O3S. The van der Waals surface area contributed by atoms with Gasteiger partial charge in [-0.3, -0.25) is 0 Å². The first-order valence-electron chi connectivity index (χ1n) is 4.96. The molecule has 3 nitrogen and oxygen atoms in total. The Labute approximate surface area is 118 Å². The van der Waals surface area contributed by atoms with Gasteiger partial charge >= 0.3 is 5.97 Å². The van der Waals surface area contributed by atoms with Crippen LogP contribution in [0, 0.1) is 0 Å². The van der Waals surface area contributed by atoms with E-state index < -0.39 is 5.97 Å². The van der Waals surface area contributed by atoms with Crippen molar-refractivity contribution in [2.75, 3.05) is 0 Å². The van der Waals surface area contributed by atoms with Crippen molar-refractivity contribution >= 4 is 40.9 Å². The highest BCUT2D eigenvalue weighted by Gasteiger charge is 2.09. The number of furan rings is 1. The first kappa shape index (κ1) is 13.3. The number of benzene rings is 1. The Kier molecular flexibility index (Phi) is 4.22. The number of halogens is 2. The quantitative estimate of drug-likeness (QED) is 0.840. The van der Waals surface area contributed by atoms with Crippen molar-refractivity contribution in [1.82, 2.24) is 0 Å². The average Bonchev–Trinajstić information content (AvgIpc) is 2.79. The zero-order valence-corrected chi connectivity index (χ0v) is 11.4. The van der Waals surface area contributed by atoms with E-state index in [9.17, 15) is 4.79 Å². The van der Waals surface area contributed by atoms with E-state index in [1.165, 1.54) is 17.8 Å². The van der Waals surface area contributed by atoms with E-state index in [1.807, 2.05) is 6.07 Å². The molecule has 2 rings (SSSR count). The Hall–Kier alpha value is -1.10. The van der Waals surface area contributed by atoms with Gasteiger partial charge in [0.15, 0.2) is 0 Å². The number of aromatic carboxylic acids is 1. The normalized spacial score (nSPS) is 10.6. The Bertz CT molecular complexity index is 580. The van der Waals surface area contributed by atoms with Gasteiger partial charge in [0.25, 0.3) is 0 Å². The summed E-state index contributed by atoms with van der Waals surface area (Å²) in [7, 11) is 0. The van der Waals surface area contributed by atoms with Gasteiger partial charge in [-0.15, -0.1) is 11.8 Å². The molecule has 94 valence electrons. The van der Waals surface area contributed by atoms with E-state index >= 15 is 0 Å². The maximum atomic E-state index is 10.6. The molecule has 0 unspecified atom stereocenters. The molecule has 0 saturated carbocycles. The molecule has 0 aliphatic rings. The van der Waals surface area contributed by atoms with Gasteiger partial charge in [0, 0.05) is 4.90 Å². The van der Waals surface area contributed by atoms with Gasteiger partial charge in [-0.1, -0.05) is 23.2 Å². The van der Waals surface area contributed by atoms with Gasteiger partial charge in [-0.05, 0) is 30.3 Å². The van der Waals surface area contributed by atoms with Crippen LogP contribution < -0.4 is 0 Å². The summed E-state index contributed by atoms with van der Waals surface area (Å²) in [6, 6.07) is 8.41. The van der Waals surface area contributed by atoms with Crippen LogP contribution in [0.25, 0.3) is 0 Å². The van der Waals surface area contributed by atoms with Gasteiger partial charge in [0.2, 0.25) is 5.76 Å². The van der Waals surface area contributed by atoms with Crippen LogP contribution in [0.3, 0.4) is 0 Å². The molecule has 1 aromatic heterocycles. The van der Waals surface area contributed by atoms with Crippen molar-refractivity contribution in [3.8, 4) is 0 Å². The van der Waals surface area contributed by atoms with Gasteiger partial charge < -0.3 is 9.52 Å². The third-order valence-electron chi connectivity index (χ3n) is 2.14. The zero-order chi connectivity index (χ0) is 13.1. The number of hydrogen-bond acceptors (Lipinski definition) is 3. The summed E-state index contributed by atoms with van der Waals surface area (Å²) in [5.41, 5.74) is 0. The van der Waals surface area contributed by atoms with Crippen LogP contribution in [0.2, 0.25) is 10.0 Å². The number of thioether (sulfide) groups is 1. The molecule has 0 atom stereocenters. The summed E-state index contributed by atoms with van der Waals surface area (Å²) >= 11 is 13.2. The summed E-state index contributed by atoms with van der Waals surface area (Å²) in [6.07, 6.45) is 0. The molecule has 18 heavy (non-hydrogen) atoms. The average molecular weight is 303 g/mol. The monoisotopic (exact) mass is 302 g/mol. The lowest BCUT2D eigenvalue weighted by Crippen LogP contribution is -1.91. The SMILES string of the molecule is O=C(O)c1ccc(CSc2ccc(Cl)c(Cl)c2)o1. The van der Waals surface area contributed by atoms with Gasteiger partial charge in [0.05, 0.1) is 15.8 Å². The van der Waals surface area contributed by atoms with Gasteiger partial charge in [0.1, 0.15) is 5.76 Å². The minimum atomic E-state index is -1.07. The summed E-state index contributed by atoms with van der Waals surface area (Å²) < 4.78 is 5.14. The number of carboxylic acid groups (broad SMARTS) is 1. The summed E-state index contributed by atoms with van der Waals surface area (Å²) in [6.45, 7) is 0. The van der Waals surface area contributed by atoms with Crippen molar-refractivity contribution in [3.63, 3.8) is 0 Å². The van der Waals surface area contributed by atoms with Gasteiger partial charge in [-0.25, -0.2) is 4.79 Å². The van der Waals surface area contributed by atoms with Crippen molar-refractivity contribution in [3.05, 3.63) is 51.9 Å². The number of hydrogen-bond donors (Lipinski definition) is 1. The fourth-order valence-electron chi connectivity index (χ4n) is 1.29. The van der Waals surface area contributed by atoms with Crippen molar-refractivity contribution in [2.24, 2.45) is 0 Å². The third kappa shape index (κ3) is 3.22. The first-order valence-corrected chi connectivity index (χ1v) is 6.70. The minimum Gasteiger partial charge on any atom is -0.475 e. The third-order valence-corrected chi connectivity index (χ3v) is 3.90. The smallest absolute Gasteiger partial charge is 0.371 e. The predicted octanol–water partition coefficient (Wildman–Crippen LogP) is 4.58. The van der Waals surface area contributed by atoms with E-state index in [-0.39, 0.29) is 5.76 Å². The molecule has 0 saturated heterocycles. The van der Waals surface area contributed by atoms with Crippen LogP contribution in [0.1, 0.15) is 16.3 Å². The number of carbonyl (C=O) groups is 1. The lowest BCUT2D eigenvalue weighted by Gasteiger charge is -2.01. The van der Waals surface area contributed by atoms with Crippen LogP contribution >= 0.6 is 35.0 Å². The van der Waals surface area contributed by atoms with Gasteiger partial charge in [-0.2, -0.15) is 0 Å². The maximum absolute atomic E-state index is 10.6. The summed E-state index contributed by atoms with van der Waals surface area (Å²) in [5, 5.41) is 9.72. The largest absolute Gasteiger partial charge is 0.475 e. The molecule has 1 N–H and O–H groups in total. The predicted molar refractivity (Wildman–Crippen MR) is 71.7 cm³/mol. The molecule has 1 heterocycles. The highest BCUT2D eigenvalue weighted by Crippen LogP contribution is 2.30. The molecule has 0 aliphatic heterocycles. The van der Waals surface area contributed by atoms with Crippen molar-refractivity contribution in [2.45, 2.75) is 10.6 Å². The second-order valence-electron chi connectivity index (χ2n) is 3.44. The van der Waals surface area contributed by atoms with E-state index in [1.54, 1.807) is 18.2 Å². The lowest BCUT2D eigenvalue weighted by atomic mass is 10.4. The molecule has 6 heteroatoms. The first-order chi connectivity index (χ1) is 8.56. The molecule has 0 radical (unpaired) electrons. The molecule has 0 amide bonds. The molecule has 0 spiro atoms. The topological polar surface area (TPSA) is 50.4 Å². The molecule has 0 bridgehead atoms. The van der Waals surface area contributed by atoms with Crippen LogP contribution in [0.15, 0.2) is 39.6 Å². The van der Waals surface area contributed by atoms with Crippen LogP contribution in [0.5, 0.6) is 0 Å². The fraction of sp³-hybridized carbons (Fsp3) is 0.0833. The lowest BCUT2D eigenvalue weighted by molar-refractivity contribution is 0.0661. The molecule has 0 aliphatic carbocycles. The van der Waals surface area contributed by atoms with E-state index in [4.69, 9.17) is 32.7 Å². The zero-order valence-electron chi connectivity index (χ0n) is 9.02. The second kappa shape index (κ2) is 5.69. The number of carboxylic acids is 1. The van der Waals surface area contributed by atoms with Crippen LogP contribution in [-0.4, -0.2) is 11.1 Å². The molecule has 1 aromatic carbocycles. The molecular weight excluding hydrogens is 295 g/mol. The number of rotatable bonds is 4. The highest BCUT2D eigenvalue weighted by atomic mass is 35.5. The van der Waals surface area contributed by atoms with E-state index in [0.29, 0.717) is 21.6 Å². The van der Waals surface area contributed by atoms with Crippen LogP contribution in [0.4, 0.5) is 0 Å². The Morgan fingerprint density at radius 1 is 1.22 bits per heavy atom. The highest BCUT2D eigenvalue weighted by molar-refractivity contribution is 7.98. The summed E-state index contributed by atoms with van der Waals surface area (Å²) in [4.78, 5) is 11.6. The van der Waals surface area contributed by atoms with Crippen molar-refractivity contribution < 1.29 is 14.3 Å². The molecule has 0 fully saturated rings. The van der Waals surface area contributed by atoms with E-state index in [2.05, 4.69) is 0 Å². The van der Waals surface area contributed by atoms with Crippen LogP contribution in [-0.2, 0) is 5.75 Å². The fourth-order valence-corrected chi connectivity index (χ4v) is 2.48. The van der Waals surface area contributed by atoms with Crippen molar-refractivity contribution in [1.29, 1.82) is 0 Å². The molecule has 2 aromatic rings. The minimum absolute atomic E-state index is 0.0558. The second-order valence-corrected chi connectivity index (χ2v) is 5.30. The Balaban J connectivity index is 2.02.